The molecule has 0 aromatic carbocycles. The molecule has 2 nitrogen and oxygen atoms in total. The van der Waals surface area contributed by atoms with Crippen LogP contribution in [0.5, 0.6) is 0 Å². The highest BCUT2D eigenvalue weighted by molar-refractivity contribution is 5.32. The molecule has 0 saturated carbocycles. The topological polar surface area (TPSA) is 8.81 Å². The number of unbranched alkanes of at least 4 members (excludes halogenated alkanes) is 4. The summed E-state index contributed by atoms with van der Waals surface area (Å²) in [5.74, 6) is 1.20. The van der Waals surface area contributed by atoms with Crippen LogP contribution in [-0.2, 0) is 13.6 Å². The summed E-state index contributed by atoms with van der Waals surface area (Å²) >= 11 is 0. The maximum atomic E-state index is 3.84. The second-order valence-corrected chi connectivity index (χ2v) is 4.08. The highest BCUT2D eigenvalue weighted by atomic mass is 15.1. The summed E-state index contributed by atoms with van der Waals surface area (Å²) in [4.78, 5) is 0. The summed E-state index contributed by atoms with van der Waals surface area (Å²) in [6.45, 7) is 7.21. The van der Waals surface area contributed by atoms with Crippen molar-refractivity contribution in [2.24, 2.45) is 7.05 Å². The van der Waals surface area contributed by atoms with Crippen molar-refractivity contribution in [2.75, 3.05) is 0 Å². The Balaban J connectivity index is 2.34. The number of imidazole rings is 1. The van der Waals surface area contributed by atoms with Crippen LogP contribution in [-0.4, -0.2) is 4.57 Å². The van der Waals surface area contributed by atoms with Crippen molar-refractivity contribution in [1.82, 2.24) is 4.57 Å². The number of aryl methyl sites for hydroxylation is 2. The fraction of sp³-hybridized carbons (Fsp3) is 0.615. The first kappa shape index (κ1) is 12.0. The Bertz CT molecular complexity index is 299. The molecule has 2 heteroatoms. The lowest BCUT2D eigenvalue weighted by molar-refractivity contribution is -0.672. The highest BCUT2D eigenvalue weighted by Gasteiger charge is 2.09. The monoisotopic (exact) mass is 207 g/mol. The minimum absolute atomic E-state index is 1.12. The number of aromatic nitrogens is 2. The van der Waals surface area contributed by atoms with E-state index in [0.29, 0.717) is 0 Å². The molecular weight excluding hydrogens is 184 g/mol. The predicted octanol–water partition coefficient (Wildman–Crippen LogP) is 2.93. The van der Waals surface area contributed by atoms with Crippen molar-refractivity contribution < 1.29 is 4.57 Å². The molecule has 0 radical (unpaired) electrons. The smallest absolute Gasteiger partial charge is 0.233 e. The third-order valence-electron chi connectivity index (χ3n) is 2.81. The van der Waals surface area contributed by atoms with E-state index in [1.165, 1.54) is 37.9 Å². The molecule has 1 aromatic rings. The van der Waals surface area contributed by atoms with Gasteiger partial charge in [-0.1, -0.05) is 32.8 Å². The van der Waals surface area contributed by atoms with Crippen LogP contribution < -0.4 is 4.57 Å². The Labute approximate surface area is 93.2 Å². The van der Waals surface area contributed by atoms with Crippen molar-refractivity contribution in [3.05, 3.63) is 24.8 Å². The van der Waals surface area contributed by atoms with Gasteiger partial charge in [-0.2, -0.15) is 0 Å². The second kappa shape index (κ2) is 6.44. The van der Waals surface area contributed by atoms with Gasteiger partial charge < -0.3 is 0 Å². The van der Waals surface area contributed by atoms with Gasteiger partial charge in [-0.05, 0) is 12.8 Å². The van der Waals surface area contributed by atoms with Gasteiger partial charge in [0.2, 0.25) is 0 Å². The lowest BCUT2D eigenvalue weighted by Gasteiger charge is -1.99. The Hall–Kier alpha value is -1.05. The molecule has 15 heavy (non-hydrogen) atoms. The van der Waals surface area contributed by atoms with E-state index in [0.717, 1.165) is 6.54 Å². The number of nitrogens with zero attached hydrogens (tertiary/aromatic N) is 2. The van der Waals surface area contributed by atoms with Crippen LogP contribution in [0.25, 0.3) is 6.08 Å². The Kier molecular flexibility index (Phi) is 5.16. The van der Waals surface area contributed by atoms with Crippen molar-refractivity contribution in [3.63, 3.8) is 0 Å². The van der Waals surface area contributed by atoms with Crippen LogP contribution in [0.2, 0.25) is 0 Å². The standard InChI is InChI=1S/C13H23N2/c1-4-6-7-8-9-10-15-12-11-14(3)13(15)5-2/h5,11-12H,2,4,6-10H2,1,3H3/q+1. The Morgan fingerprint density at radius 3 is 2.73 bits per heavy atom. The van der Waals surface area contributed by atoms with Gasteiger partial charge in [0.25, 0.3) is 5.82 Å². The number of rotatable bonds is 7. The van der Waals surface area contributed by atoms with Crippen molar-refractivity contribution in [2.45, 2.75) is 45.6 Å². The van der Waals surface area contributed by atoms with Gasteiger partial charge in [-0.15, -0.1) is 0 Å². The predicted molar refractivity (Wildman–Crippen MR) is 64.5 cm³/mol. The molecule has 1 rings (SSSR count). The quantitative estimate of drug-likeness (QED) is 0.480. The minimum Gasteiger partial charge on any atom is -0.233 e. The molecule has 0 spiro atoms. The van der Waals surface area contributed by atoms with E-state index in [-0.39, 0.29) is 0 Å². The number of hydrogen-bond donors (Lipinski definition) is 0. The van der Waals surface area contributed by atoms with Crippen LogP contribution in [0.15, 0.2) is 19.0 Å². The van der Waals surface area contributed by atoms with Gasteiger partial charge >= 0.3 is 0 Å². The minimum atomic E-state index is 1.12. The molecule has 0 bridgehead atoms. The molecule has 0 amide bonds. The van der Waals surface area contributed by atoms with Gasteiger partial charge in [-0.3, -0.25) is 0 Å². The zero-order chi connectivity index (χ0) is 11.1. The summed E-state index contributed by atoms with van der Waals surface area (Å²) < 4.78 is 4.39. The third-order valence-corrected chi connectivity index (χ3v) is 2.81. The summed E-state index contributed by atoms with van der Waals surface area (Å²) in [5.41, 5.74) is 0. The molecule has 0 N–H and O–H groups in total. The Morgan fingerprint density at radius 2 is 2.07 bits per heavy atom. The van der Waals surface area contributed by atoms with E-state index in [1.54, 1.807) is 0 Å². The van der Waals surface area contributed by atoms with Gasteiger partial charge in [0, 0.05) is 6.08 Å². The van der Waals surface area contributed by atoms with Crippen LogP contribution >= 0.6 is 0 Å². The van der Waals surface area contributed by atoms with Crippen LogP contribution in [0, 0.1) is 0 Å². The van der Waals surface area contributed by atoms with Gasteiger partial charge in [-0.25, -0.2) is 9.13 Å². The first-order valence-corrected chi connectivity index (χ1v) is 5.96. The fourth-order valence-electron chi connectivity index (χ4n) is 1.87. The zero-order valence-electron chi connectivity index (χ0n) is 10.1. The van der Waals surface area contributed by atoms with Gasteiger partial charge in [0.15, 0.2) is 0 Å². The first-order chi connectivity index (χ1) is 7.29. The van der Waals surface area contributed by atoms with E-state index >= 15 is 0 Å². The molecule has 0 fully saturated rings. The maximum Gasteiger partial charge on any atom is 0.280 e. The molecule has 0 aliphatic heterocycles. The van der Waals surface area contributed by atoms with E-state index < -0.39 is 0 Å². The molecule has 0 atom stereocenters. The third kappa shape index (κ3) is 3.54. The van der Waals surface area contributed by atoms with E-state index in [4.69, 9.17) is 0 Å². The van der Waals surface area contributed by atoms with Crippen LogP contribution in [0.3, 0.4) is 0 Å². The van der Waals surface area contributed by atoms with Crippen molar-refractivity contribution in [3.8, 4) is 0 Å². The lowest BCUT2D eigenvalue weighted by atomic mass is 10.1. The zero-order valence-corrected chi connectivity index (χ0v) is 10.1. The summed E-state index contributed by atoms with van der Waals surface area (Å²) in [7, 11) is 2.06. The fourth-order valence-corrected chi connectivity index (χ4v) is 1.87. The molecule has 84 valence electrons. The Morgan fingerprint density at radius 1 is 1.33 bits per heavy atom. The highest BCUT2D eigenvalue weighted by Crippen LogP contribution is 2.05. The van der Waals surface area contributed by atoms with Gasteiger partial charge in [0.1, 0.15) is 12.4 Å². The second-order valence-electron chi connectivity index (χ2n) is 4.08. The molecule has 0 unspecified atom stereocenters. The first-order valence-electron chi connectivity index (χ1n) is 5.96. The van der Waals surface area contributed by atoms with Gasteiger partial charge in [0.05, 0.1) is 13.6 Å². The molecular formula is C13H23N2+. The van der Waals surface area contributed by atoms with E-state index in [9.17, 15) is 0 Å². The summed E-state index contributed by atoms with van der Waals surface area (Å²) in [6.07, 6.45) is 12.8. The van der Waals surface area contributed by atoms with E-state index in [1.807, 2.05) is 6.08 Å². The summed E-state index contributed by atoms with van der Waals surface area (Å²) in [5, 5.41) is 0. The average molecular weight is 207 g/mol. The van der Waals surface area contributed by atoms with Crippen LogP contribution in [0.4, 0.5) is 0 Å². The maximum absolute atomic E-state index is 3.84. The van der Waals surface area contributed by atoms with Crippen LogP contribution in [0.1, 0.15) is 44.9 Å². The molecule has 0 saturated heterocycles. The molecule has 0 aliphatic rings. The number of hydrogen-bond acceptors (Lipinski definition) is 0. The van der Waals surface area contributed by atoms with Crippen molar-refractivity contribution in [1.29, 1.82) is 0 Å². The lowest BCUT2D eigenvalue weighted by Crippen LogP contribution is -2.29. The average Bonchev–Trinajstić information content (AvgIpc) is 2.59. The molecule has 1 heterocycles. The molecule has 1 aromatic heterocycles. The normalized spacial score (nSPS) is 10.5. The molecule has 0 aliphatic carbocycles. The van der Waals surface area contributed by atoms with Crippen molar-refractivity contribution >= 4 is 6.08 Å². The SMILES string of the molecule is C=Cc1n(CCCCCCC)cc[n+]1C. The largest absolute Gasteiger partial charge is 0.280 e. The summed E-state index contributed by atoms with van der Waals surface area (Å²) in [6, 6.07) is 0. The van der Waals surface area contributed by atoms with E-state index in [2.05, 4.69) is 42.1 Å².